The second kappa shape index (κ2) is 4.95. The molecule has 0 aliphatic heterocycles. The van der Waals surface area contributed by atoms with Crippen molar-refractivity contribution in [3.8, 4) is 5.75 Å². The summed E-state index contributed by atoms with van der Waals surface area (Å²) in [5.41, 5.74) is 1.33. The van der Waals surface area contributed by atoms with Crippen LogP contribution in [0.2, 0.25) is 0 Å². The number of aryl methyl sites for hydroxylation is 1. The van der Waals surface area contributed by atoms with Gasteiger partial charge in [0.1, 0.15) is 24.0 Å². The quantitative estimate of drug-likeness (QED) is 0.783. The van der Waals surface area contributed by atoms with E-state index in [-0.39, 0.29) is 12.2 Å². The summed E-state index contributed by atoms with van der Waals surface area (Å²) in [6.45, 7) is 1.99. The van der Waals surface area contributed by atoms with Gasteiger partial charge in [0.05, 0.1) is 0 Å². The van der Waals surface area contributed by atoms with Crippen LogP contribution in [0.25, 0.3) is 0 Å². The molecule has 0 bridgehead atoms. The van der Waals surface area contributed by atoms with E-state index in [0.717, 1.165) is 23.8 Å². The Morgan fingerprint density at radius 1 is 1.00 bits per heavy atom. The molecule has 1 nitrogen and oxygen atoms in total. The topological polar surface area (TPSA) is 9.23 Å². The normalized spacial score (nSPS) is 10.3. The standard InChI is InChI=1S/C14H12F2O/c1-10-2-5-13(6-3-10)17-9-11-8-12(15)4-7-14(11)16/h2-8H,9H2,1H3. The Morgan fingerprint density at radius 3 is 2.41 bits per heavy atom. The Bertz CT molecular complexity index is 506. The number of hydrogen-bond acceptors (Lipinski definition) is 1. The maximum absolute atomic E-state index is 13.3. The van der Waals surface area contributed by atoms with Crippen LogP contribution in [0, 0.1) is 18.6 Å². The molecule has 0 heterocycles. The zero-order chi connectivity index (χ0) is 12.3. The van der Waals surface area contributed by atoms with Gasteiger partial charge in [-0.3, -0.25) is 0 Å². The van der Waals surface area contributed by atoms with Gasteiger partial charge in [0.25, 0.3) is 0 Å². The summed E-state index contributed by atoms with van der Waals surface area (Å²) >= 11 is 0. The highest BCUT2D eigenvalue weighted by atomic mass is 19.1. The maximum Gasteiger partial charge on any atom is 0.130 e. The van der Waals surface area contributed by atoms with E-state index in [0.29, 0.717) is 5.75 Å². The second-order valence-electron chi connectivity index (χ2n) is 3.84. The summed E-state index contributed by atoms with van der Waals surface area (Å²) in [6, 6.07) is 10.7. The molecular weight excluding hydrogens is 222 g/mol. The molecule has 0 aromatic heterocycles. The van der Waals surface area contributed by atoms with Gasteiger partial charge < -0.3 is 4.74 Å². The van der Waals surface area contributed by atoms with Crippen LogP contribution in [-0.4, -0.2) is 0 Å². The van der Waals surface area contributed by atoms with Gasteiger partial charge in [-0.1, -0.05) is 17.7 Å². The monoisotopic (exact) mass is 234 g/mol. The van der Waals surface area contributed by atoms with Crippen LogP contribution in [0.5, 0.6) is 5.75 Å². The predicted molar refractivity (Wildman–Crippen MR) is 61.9 cm³/mol. The molecule has 88 valence electrons. The lowest BCUT2D eigenvalue weighted by molar-refractivity contribution is 0.299. The first-order valence-electron chi connectivity index (χ1n) is 5.28. The third-order valence-corrected chi connectivity index (χ3v) is 2.42. The average Bonchev–Trinajstić information content (AvgIpc) is 2.32. The SMILES string of the molecule is Cc1ccc(OCc2cc(F)ccc2F)cc1. The van der Waals surface area contributed by atoms with E-state index >= 15 is 0 Å². The highest BCUT2D eigenvalue weighted by Gasteiger charge is 2.04. The van der Waals surface area contributed by atoms with Crippen LogP contribution in [0.3, 0.4) is 0 Å². The van der Waals surface area contributed by atoms with Crippen molar-refractivity contribution in [2.24, 2.45) is 0 Å². The molecule has 0 aliphatic rings. The summed E-state index contributed by atoms with van der Waals surface area (Å²) in [4.78, 5) is 0. The fraction of sp³-hybridized carbons (Fsp3) is 0.143. The third kappa shape index (κ3) is 3.03. The summed E-state index contributed by atoms with van der Waals surface area (Å²) in [5.74, 6) is -0.285. The Morgan fingerprint density at radius 2 is 1.71 bits per heavy atom. The van der Waals surface area contributed by atoms with E-state index in [9.17, 15) is 8.78 Å². The first-order chi connectivity index (χ1) is 8.15. The molecule has 0 atom stereocenters. The highest BCUT2D eigenvalue weighted by molar-refractivity contribution is 5.27. The molecule has 0 fully saturated rings. The highest BCUT2D eigenvalue weighted by Crippen LogP contribution is 2.16. The molecule has 0 unspecified atom stereocenters. The van der Waals surface area contributed by atoms with Crippen molar-refractivity contribution in [3.63, 3.8) is 0 Å². The smallest absolute Gasteiger partial charge is 0.130 e. The molecule has 2 rings (SSSR count). The van der Waals surface area contributed by atoms with Crippen LogP contribution in [0.15, 0.2) is 42.5 Å². The van der Waals surface area contributed by atoms with Crippen LogP contribution in [-0.2, 0) is 6.61 Å². The van der Waals surface area contributed by atoms with Crippen LogP contribution < -0.4 is 4.74 Å². The molecule has 0 aliphatic carbocycles. The summed E-state index contributed by atoms with van der Waals surface area (Å²) < 4.78 is 31.6. The first-order valence-corrected chi connectivity index (χ1v) is 5.28. The number of hydrogen-bond donors (Lipinski definition) is 0. The first kappa shape index (κ1) is 11.6. The Hall–Kier alpha value is -1.90. The molecule has 0 radical (unpaired) electrons. The van der Waals surface area contributed by atoms with E-state index in [1.165, 1.54) is 0 Å². The molecular formula is C14H12F2O. The molecule has 0 amide bonds. The predicted octanol–water partition coefficient (Wildman–Crippen LogP) is 3.85. The van der Waals surface area contributed by atoms with Crippen molar-refractivity contribution in [2.75, 3.05) is 0 Å². The minimum absolute atomic E-state index is 0.0205. The van der Waals surface area contributed by atoms with Gasteiger partial charge in [0, 0.05) is 5.56 Å². The lowest BCUT2D eigenvalue weighted by Crippen LogP contribution is -1.99. The van der Waals surface area contributed by atoms with Crippen molar-refractivity contribution in [1.29, 1.82) is 0 Å². The van der Waals surface area contributed by atoms with Crippen LogP contribution in [0.1, 0.15) is 11.1 Å². The van der Waals surface area contributed by atoms with E-state index in [1.54, 1.807) is 12.1 Å². The molecule has 0 spiro atoms. The lowest BCUT2D eigenvalue weighted by Gasteiger charge is -2.07. The number of halogens is 2. The third-order valence-electron chi connectivity index (χ3n) is 2.42. The van der Waals surface area contributed by atoms with Crippen molar-refractivity contribution < 1.29 is 13.5 Å². The van der Waals surface area contributed by atoms with E-state index < -0.39 is 11.6 Å². The molecule has 3 heteroatoms. The van der Waals surface area contributed by atoms with Gasteiger partial charge >= 0.3 is 0 Å². The Kier molecular flexibility index (Phi) is 3.38. The second-order valence-corrected chi connectivity index (χ2v) is 3.84. The number of ether oxygens (including phenoxy) is 1. The molecule has 17 heavy (non-hydrogen) atoms. The molecule has 2 aromatic rings. The van der Waals surface area contributed by atoms with E-state index in [4.69, 9.17) is 4.74 Å². The summed E-state index contributed by atoms with van der Waals surface area (Å²) in [6.07, 6.45) is 0. The van der Waals surface area contributed by atoms with Gasteiger partial charge in [-0.15, -0.1) is 0 Å². The summed E-state index contributed by atoms with van der Waals surface area (Å²) in [7, 11) is 0. The largest absolute Gasteiger partial charge is 0.489 e. The van der Waals surface area contributed by atoms with Crippen molar-refractivity contribution in [1.82, 2.24) is 0 Å². The van der Waals surface area contributed by atoms with Gasteiger partial charge in [0.2, 0.25) is 0 Å². The minimum Gasteiger partial charge on any atom is -0.489 e. The Labute approximate surface area is 98.7 Å². The fourth-order valence-electron chi connectivity index (χ4n) is 1.45. The average molecular weight is 234 g/mol. The van der Waals surface area contributed by atoms with Gasteiger partial charge in [0.15, 0.2) is 0 Å². The van der Waals surface area contributed by atoms with Crippen molar-refractivity contribution >= 4 is 0 Å². The Balaban J connectivity index is 2.07. The van der Waals surface area contributed by atoms with E-state index in [2.05, 4.69) is 0 Å². The van der Waals surface area contributed by atoms with Crippen molar-refractivity contribution in [3.05, 3.63) is 65.2 Å². The molecule has 2 aromatic carbocycles. The van der Waals surface area contributed by atoms with Gasteiger partial charge in [-0.2, -0.15) is 0 Å². The number of benzene rings is 2. The fourth-order valence-corrected chi connectivity index (χ4v) is 1.45. The van der Waals surface area contributed by atoms with E-state index in [1.807, 2.05) is 19.1 Å². The zero-order valence-corrected chi connectivity index (χ0v) is 9.41. The maximum atomic E-state index is 13.3. The van der Waals surface area contributed by atoms with Gasteiger partial charge in [-0.05, 0) is 37.3 Å². The van der Waals surface area contributed by atoms with Crippen LogP contribution in [0.4, 0.5) is 8.78 Å². The molecule has 0 N–H and O–H groups in total. The summed E-state index contributed by atoms with van der Waals surface area (Å²) in [5, 5.41) is 0. The number of rotatable bonds is 3. The zero-order valence-electron chi connectivity index (χ0n) is 9.41. The van der Waals surface area contributed by atoms with Crippen molar-refractivity contribution in [2.45, 2.75) is 13.5 Å². The van der Waals surface area contributed by atoms with Crippen LogP contribution >= 0.6 is 0 Å². The lowest BCUT2D eigenvalue weighted by atomic mass is 10.2. The molecule has 0 saturated carbocycles. The minimum atomic E-state index is -0.464. The molecule has 0 saturated heterocycles. The van der Waals surface area contributed by atoms with Gasteiger partial charge in [-0.25, -0.2) is 8.78 Å².